The van der Waals surface area contributed by atoms with Gasteiger partial charge in [-0.3, -0.25) is 4.79 Å². The summed E-state index contributed by atoms with van der Waals surface area (Å²) in [6, 6.07) is 13.2. The van der Waals surface area contributed by atoms with Gasteiger partial charge in [-0.25, -0.2) is 14.0 Å². The Balaban J connectivity index is 1.84. The maximum absolute atomic E-state index is 12.9. The predicted octanol–water partition coefficient (Wildman–Crippen LogP) is 3.71. The van der Waals surface area contributed by atoms with E-state index >= 15 is 0 Å². The van der Waals surface area contributed by atoms with Gasteiger partial charge in [-0.2, -0.15) is 5.26 Å². The molecule has 0 spiro atoms. The minimum absolute atomic E-state index is 0.0455. The molecule has 0 aliphatic rings. The van der Waals surface area contributed by atoms with E-state index in [2.05, 4.69) is 10.6 Å². The van der Waals surface area contributed by atoms with Crippen LogP contribution in [0.4, 0.5) is 14.9 Å². The molecule has 0 aliphatic carbocycles. The van der Waals surface area contributed by atoms with Gasteiger partial charge in [-0.1, -0.05) is 44.5 Å². The minimum atomic E-state index is -0.922. The van der Waals surface area contributed by atoms with E-state index in [1.54, 1.807) is 49.4 Å². The first-order chi connectivity index (χ1) is 15.8. The molecule has 2 aromatic carbocycles. The molecule has 2 rings (SSSR count). The van der Waals surface area contributed by atoms with Gasteiger partial charge in [0.05, 0.1) is 6.42 Å². The van der Waals surface area contributed by atoms with Crippen LogP contribution in [-0.4, -0.2) is 30.6 Å². The van der Waals surface area contributed by atoms with Crippen LogP contribution in [0.25, 0.3) is 0 Å². The predicted molar refractivity (Wildman–Crippen MR) is 118 cm³/mol. The van der Waals surface area contributed by atoms with Crippen molar-refractivity contribution in [2.24, 2.45) is 5.92 Å². The van der Waals surface area contributed by atoms with Gasteiger partial charge in [0.15, 0.2) is 6.61 Å². The van der Waals surface area contributed by atoms with E-state index in [0.717, 1.165) is 0 Å². The number of hydrogen-bond acceptors (Lipinski definition) is 6. The van der Waals surface area contributed by atoms with Crippen LogP contribution in [0.3, 0.4) is 0 Å². The quantitative estimate of drug-likeness (QED) is 0.528. The number of halogens is 1. The van der Waals surface area contributed by atoms with Crippen molar-refractivity contribution in [3.63, 3.8) is 0 Å². The lowest BCUT2D eigenvalue weighted by molar-refractivity contribution is -0.146. The van der Waals surface area contributed by atoms with Crippen molar-refractivity contribution in [2.75, 3.05) is 11.9 Å². The topological polar surface area (TPSA) is 118 Å². The lowest BCUT2D eigenvalue weighted by Gasteiger charge is -2.21. The van der Waals surface area contributed by atoms with Crippen LogP contribution in [0.5, 0.6) is 0 Å². The van der Waals surface area contributed by atoms with Crippen molar-refractivity contribution in [2.45, 2.75) is 39.3 Å². The monoisotopic (exact) mass is 455 g/mol. The summed E-state index contributed by atoms with van der Waals surface area (Å²) in [6.45, 7) is 3.20. The average molecular weight is 455 g/mol. The highest BCUT2D eigenvalue weighted by Crippen LogP contribution is 2.13. The summed E-state index contributed by atoms with van der Waals surface area (Å²) >= 11 is 0. The van der Waals surface area contributed by atoms with Crippen molar-refractivity contribution in [3.05, 3.63) is 65.5 Å². The van der Waals surface area contributed by atoms with Crippen molar-refractivity contribution < 1.29 is 28.2 Å². The summed E-state index contributed by atoms with van der Waals surface area (Å²) in [5, 5.41) is 13.8. The number of carbonyl (C=O) groups is 3. The molecule has 2 N–H and O–H groups in total. The van der Waals surface area contributed by atoms with Gasteiger partial charge < -0.3 is 20.1 Å². The molecule has 2 unspecified atom stereocenters. The van der Waals surface area contributed by atoms with Gasteiger partial charge in [0.25, 0.3) is 0 Å². The fraction of sp³-hybridized carbons (Fsp3) is 0.333. The number of rotatable bonds is 10. The zero-order valence-electron chi connectivity index (χ0n) is 18.5. The summed E-state index contributed by atoms with van der Waals surface area (Å²) in [5.74, 6) is -1.51. The molecule has 2 atom stereocenters. The van der Waals surface area contributed by atoms with Gasteiger partial charge in [0.1, 0.15) is 24.5 Å². The number of carbonyl (C=O) groups excluding carboxylic acids is 3. The van der Waals surface area contributed by atoms with E-state index in [1.807, 2.05) is 6.92 Å². The molecule has 0 aromatic heterocycles. The summed E-state index contributed by atoms with van der Waals surface area (Å²) in [7, 11) is 0. The Kier molecular flexibility index (Phi) is 9.83. The Morgan fingerprint density at radius 2 is 1.67 bits per heavy atom. The van der Waals surface area contributed by atoms with E-state index in [9.17, 15) is 18.8 Å². The fourth-order valence-electron chi connectivity index (χ4n) is 2.86. The summed E-state index contributed by atoms with van der Waals surface area (Å²) in [5.41, 5.74) is 1.93. The zero-order valence-corrected chi connectivity index (χ0v) is 18.5. The Morgan fingerprint density at radius 1 is 1.03 bits per heavy atom. The highest BCUT2D eigenvalue weighted by atomic mass is 19.1. The number of anilines is 1. The third-order valence-electron chi connectivity index (χ3n) is 4.90. The molecule has 0 bridgehead atoms. The Labute approximate surface area is 191 Å². The fourth-order valence-corrected chi connectivity index (χ4v) is 2.86. The van der Waals surface area contributed by atoms with E-state index in [0.29, 0.717) is 23.2 Å². The molecule has 0 fully saturated rings. The van der Waals surface area contributed by atoms with E-state index in [-0.39, 0.29) is 30.7 Å². The van der Waals surface area contributed by atoms with Crippen molar-refractivity contribution in [3.8, 4) is 6.07 Å². The van der Waals surface area contributed by atoms with Crippen LogP contribution in [0.15, 0.2) is 48.5 Å². The lowest BCUT2D eigenvalue weighted by atomic mass is 9.99. The first kappa shape index (κ1) is 25.3. The third-order valence-corrected chi connectivity index (χ3v) is 4.90. The third kappa shape index (κ3) is 8.61. The molecule has 0 saturated carbocycles. The van der Waals surface area contributed by atoms with Gasteiger partial charge in [-0.05, 0) is 41.3 Å². The van der Waals surface area contributed by atoms with Crippen LogP contribution >= 0.6 is 0 Å². The molecule has 2 amide bonds. The Hall–Kier alpha value is -3.93. The number of nitrogens with zero attached hydrogens (tertiary/aromatic N) is 1. The number of nitrogens with one attached hydrogen (secondary N) is 2. The van der Waals surface area contributed by atoms with Gasteiger partial charge in [-0.15, -0.1) is 0 Å². The highest BCUT2D eigenvalue weighted by Gasteiger charge is 2.28. The molecule has 0 heterocycles. The summed E-state index contributed by atoms with van der Waals surface area (Å²) in [6.07, 6.45) is -0.0636. The van der Waals surface area contributed by atoms with Crippen LogP contribution in [0.1, 0.15) is 31.4 Å². The first-order valence-corrected chi connectivity index (χ1v) is 10.4. The van der Waals surface area contributed by atoms with Gasteiger partial charge >= 0.3 is 12.1 Å². The van der Waals surface area contributed by atoms with E-state index in [4.69, 9.17) is 14.7 Å². The second-order valence-electron chi connectivity index (χ2n) is 7.40. The number of alkyl carbamates (subject to hydrolysis) is 1. The largest absolute Gasteiger partial charge is 0.449 e. The van der Waals surface area contributed by atoms with Crippen molar-refractivity contribution in [1.82, 2.24) is 5.32 Å². The Bertz CT molecular complexity index is 987. The van der Waals surface area contributed by atoms with Crippen molar-refractivity contribution in [1.29, 1.82) is 5.26 Å². The van der Waals surface area contributed by atoms with Crippen LogP contribution < -0.4 is 10.6 Å². The second-order valence-corrected chi connectivity index (χ2v) is 7.40. The molecule has 0 aliphatic heterocycles. The smallest absolute Gasteiger partial charge is 0.408 e. The summed E-state index contributed by atoms with van der Waals surface area (Å²) in [4.78, 5) is 36.4. The summed E-state index contributed by atoms with van der Waals surface area (Å²) < 4.78 is 22.9. The van der Waals surface area contributed by atoms with E-state index < -0.39 is 24.7 Å². The van der Waals surface area contributed by atoms with Crippen LogP contribution in [-0.2, 0) is 32.1 Å². The molecule has 9 heteroatoms. The molecule has 0 saturated heterocycles. The molecular weight excluding hydrogens is 429 g/mol. The maximum atomic E-state index is 12.9. The maximum Gasteiger partial charge on any atom is 0.408 e. The molecule has 8 nitrogen and oxygen atoms in total. The van der Waals surface area contributed by atoms with Gasteiger partial charge in [0, 0.05) is 5.69 Å². The zero-order chi connectivity index (χ0) is 24.2. The number of esters is 1. The second kappa shape index (κ2) is 12.8. The number of nitriles is 1. The van der Waals surface area contributed by atoms with Gasteiger partial charge in [0.2, 0.25) is 5.91 Å². The standard InChI is InChI=1S/C24H26FN3O5/c1-3-16(2)22(23(30)32-13-12-26)28-24(31)33-15-18-6-10-20(11-7-18)27-21(29)14-17-4-8-19(25)9-5-17/h4-11,16,22H,3,13-15H2,1-2H3,(H,27,29)(H,28,31). The first-order valence-electron chi connectivity index (χ1n) is 10.4. The number of hydrogen-bond donors (Lipinski definition) is 2. The Morgan fingerprint density at radius 3 is 2.27 bits per heavy atom. The lowest BCUT2D eigenvalue weighted by Crippen LogP contribution is -2.46. The molecule has 2 aromatic rings. The number of amides is 2. The van der Waals surface area contributed by atoms with Crippen LogP contribution in [0, 0.1) is 23.1 Å². The average Bonchev–Trinajstić information content (AvgIpc) is 2.81. The van der Waals surface area contributed by atoms with Crippen LogP contribution in [0.2, 0.25) is 0 Å². The normalized spacial score (nSPS) is 12.1. The van der Waals surface area contributed by atoms with E-state index in [1.165, 1.54) is 12.1 Å². The minimum Gasteiger partial charge on any atom is -0.449 e. The molecule has 174 valence electrons. The molecule has 0 radical (unpaired) electrons. The number of benzene rings is 2. The van der Waals surface area contributed by atoms with Crippen molar-refractivity contribution >= 4 is 23.7 Å². The molecular formula is C24H26FN3O5. The highest BCUT2D eigenvalue weighted by molar-refractivity contribution is 5.92. The SMILES string of the molecule is CCC(C)C(NC(=O)OCc1ccc(NC(=O)Cc2ccc(F)cc2)cc1)C(=O)OCC#N. The number of ether oxygens (including phenoxy) is 2. The molecule has 33 heavy (non-hydrogen) atoms.